The Bertz CT molecular complexity index is 1390. The summed E-state index contributed by atoms with van der Waals surface area (Å²) < 4.78 is 2.59. The molecule has 0 saturated carbocycles. The molecular weight excluding hydrogens is 414 g/mol. The SMILES string of the molecule is Cc1cccc(NC(=O)Cn2c(=O)c(=O)n(Cc3ccccc3)c3ccc(Cl)cc32)c1. The first-order valence-corrected chi connectivity index (χ1v) is 10.1. The number of carbonyl (C=O) groups excluding carboxylic acids is 1. The average Bonchev–Trinajstić information content (AvgIpc) is 2.75. The van der Waals surface area contributed by atoms with Gasteiger partial charge in [0.05, 0.1) is 17.6 Å². The standard InChI is InChI=1S/C24H20ClN3O3/c1-16-6-5-9-19(12-16)26-22(29)15-28-21-13-18(25)10-11-20(21)27(23(30)24(28)31)14-17-7-3-2-4-8-17/h2-13H,14-15H2,1H3,(H,26,29). The molecule has 0 aliphatic rings. The molecule has 3 aromatic carbocycles. The van der Waals surface area contributed by atoms with E-state index in [4.69, 9.17) is 11.6 Å². The van der Waals surface area contributed by atoms with Crippen LogP contribution in [0.4, 0.5) is 5.69 Å². The highest BCUT2D eigenvalue weighted by molar-refractivity contribution is 6.31. The van der Waals surface area contributed by atoms with E-state index < -0.39 is 17.0 Å². The molecule has 0 aliphatic carbocycles. The van der Waals surface area contributed by atoms with Crippen LogP contribution in [0.5, 0.6) is 0 Å². The van der Waals surface area contributed by atoms with Crippen LogP contribution >= 0.6 is 11.6 Å². The molecule has 0 unspecified atom stereocenters. The summed E-state index contributed by atoms with van der Waals surface area (Å²) in [6.45, 7) is 1.86. The second kappa shape index (κ2) is 8.62. The largest absolute Gasteiger partial charge is 0.325 e. The number of rotatable bonds is 5. The van der Waals surface area contributed by atoms with Gasteiger partial charge in [-0.25, -0.2) is 0 Å². The van der Waals surface area contributed by atoms with Gasteiger partial charge in [-0.1, -0.05) is 54.1 Å². The van der Waals surface area contributed by atoms with E-state index in [-0.39, 0.29) is 13.1 Å². The van der Waals surface area contributed by atoms with Gasteiger partial charge < -0.3 is 5.32 Å². The molecule has 31 heavy (non-hydrogen) atoms. The summed E-state index contributed by atoms with van der Waals surface area (Å²) in [6, 6.07) is 21.7. The van der Waals surface area contributed by atoms with E-state index in [1.54, 1.807) is 24.3 Å². The highest BCUT2D eigenvalue weighted by Gasteiger charge is 2.16. The van der Waals surface area contributed by atoms with Crippen molar-refractivity contribution in [2.24, 2.45) is 0 Å². The summed E-state index contributed by atoms with van der Waals surface area (Å²) in [6.07, 6.45) is 0. The Hall–Kier alpha value is -3.64. The molecule has 0 radical (unpaired) electrons. The van der Waals surface area contributed by atoms with Gasteiger partial charge in [-0.2, -0.15) is 0 Å². The summed E-state index contributed by atoms with van der Waals surface area (Å²) >= 11 is 6.18. The van der Waals surface area contributed by atoms with Gasteiger partial charge in [0.2, 0.25) is 5.91 Å². The number of halogens is 1. The Kier molecular flexibility index (Phi) is 5.73. The third-order valence-electron chi connectivity index (χ3n) is 4.98. The van der Waals surface area contributed by atoms with E-state index in [0.29, 0.717) is 21.7 Å². The molecule has 0 fully saturated rings. The maximum absolute atomic E-state index is 13.0. The van der Waals surface area contributed by atoms with Crippen molar-refractivity contribution in [3.63, 3.8) is 0 Å². The normalized spacial score (nSPS) is 10.9. The van der Waals surface area contributed by atoms with E-state index in [2.05, 4.69) is 5.32 Å². The summed E-state index contributed by atoms with van der Waals surface area (Å²) in [5, 5.41) is 3.18. The van der Waals surface area contributed by atoms with Crippen molar-refractivity contribution in [3.8, 4) is 0 Å². The average molecular weight is 434 g/mol. The van der Waals surface area contributed by atoms with E-state index in [0.717, 1.165) is 11.1 Å². The molecule has 156 valence electrons. The first kappa shape index (κ1) is 20.6. The fourth-order valence-electron chi connectivity index (χ4n) is 3.54. The fourth-order valence-corrected chi connectivity index (χ4v) is 3.70. The van der Waals surface area contributed by atoms with Crippen molar-refractivity contribution in [2.75, 3.05) is 5.32 Å². The van der Waals surface area contributed by atoms with Crippen LogP contribution in [-0.2, 0) is 17.9 Å². The van der Waals surface area contributed by atoms with E-state index in [9.17, 15) is 14.4 Å². The highest BCUT2D eigenvalue weighted by Crippen LogP contribution is 2.18. The summed E-state index contributed by atoms with van der Waals surface area (Å²) in [5.74, 6) is -0.408. The molecule has 0 saturated heterocycles. The quantitative estimate of drug-likeness (QED) is 0.486. The van der Waals surface area contributed by atoms with Crippen LogP contribution in [0.2, 0.25) is 5.02 Å². The van der Waals surface area contributed by atoms with Gasteiger partial charge in [-0.3, -0.25) is 23.5 Å². The van der Waals surface area contributed by atoms with E-state index in [1.165, 1.54) is 9.13 Å². The van der Waals surface area contributed by atoms with Gasteiger partial charge in [-0.05, 0) is 48.4 Å². The number of nitrogens with one attached hydrogen (secondary N) is 1. The van der Waals surface area contributed by atoms with Crippen LogP contribution in [0.1, 0.15) is 11.1 Å². The minimum Gasteiger partial charge on any atom is -0.325 e. The number of benzene rings is 3. The molecule has 0 atom stereocenters. The van der Waals surface area contributed by atoms with Crippen molar-refractivity contribution in [1.82, 2.24) is 9.13 Å². The fraction of sp³-hybridized carbons (Fsp3) is 0.125. The molecule has 7 heteroatoms. The van der Waals surface area contributed by atoms with Crippen LogP contribution in [0.25, 0.3) is 11.0 Å². The third kappa shape index (κ3) is 4.44. The number of fused-ring (bicyclic) bond motifs is 1. The summed E-state index contributed by atoms with van der Waals surface area (Å²) in [4.78, 5) is 38.5. The Morgan fingerprint density at radius 1 is 0.871 bits per heavy atom. The van der Waals surface area contributed by atoms with Crippen molar-refractivity contribution in [1.29, 1.82) is 0 Å². The zero-order valence-electron chi connectivity index (χ0n) is 16.8. The lowest BCUT2D eigenvalue weighted by Crippen LogP contribution is -2.43. The Labute approximate surface area is 183 Å². The maximum Gasteiger partial charge on any atom is 0.317 e. The number of aryl methyl sites for hydroxylation is 1. The summed E-state index contributed by atoms with van der Waals surface area (Å²) in [5.41, 5.74) is 1.99. The van der Waals surface area contributed by atoms with Crippen molar-refractivity contribution >= 4 is 34.2 Å². The lowest BCUT2D eigenvalue weighted by Gasteiger charge is -2.15. The zero-order chi connectivity index (χ0) is 22.0. The van der Waals surface area contributed by atoms with Gasteiger partial charge in [0.25, 0.3) is 0 Å². The Morgan fingerprint density at radius 2 is 1.61 bits per heavy atom. The molecule has 0 aliphatic heterocycles. The molecule has 0 spiro atoms. The monoisotopic (exact) mass is 433 g/mol. The van der Waals surface area contributed by atoms with Crippen molar-refractivity contribution < 1.29 is 4.79 Å². The van der Waals surface area contributed by atoms with Crippen LogP contribution in [0.15, 0.2) is 82.4 Å². The first-order valence-electron chi connectivity index (χ1n) is 9.76. The van der Waals surface area contributed by atoms with Gasteiger partial charge in [-0.15, -0.1) is 0 Å². The van der Waals surface area contributed by atoms with Crippen LogP contribution in [0.3, 0.4) is 0 Å². The van der Waals surface area contributed by atoms with Crippen LogP contribution in [0, 0.1) is 6.92 Å². The molecule has 4 aromatic rings. The second-order valence-corrected chi connectivity index (χ2v) is 7.76. The second-order valence-electron chi connectivity index (χ2n) is 7.32. The number of carbonyl (C=O) groups is 1. The third-order valence-corrected chi connectivity index (χ3v) is 5.21. The minimum absolute atomic E-state index is 0.239. The van der Waals surface area contributed by atoms with Crippen LogP contribution in [-0.4, -0.2) is 15.0 Å². The number of aromatic nitrogens is 2. The number of amides is 1. The predicted octanol–water partition coefficient (Wildman–Crippen LogP) is 3.81. The molecular formula is C24H20ClN3O3. The van der Waals surface area contributed by atoms with Gasteiger partial charge in [0.15, 0.2) is 0 Å². The molecule has 1 N–H and O–H groups in total. The number of nitrogens with zero attached hydrogens (tertiary/aromatic N) is 2. The molecule has 0 bridgehead atoms. The van der Waals surface area contributed by atoms with Crippen molar-refractivity contribution in [3.05, 3.63) is 110 Å². The predicted molar refractivity (Wildman–Crippen MR) is 123 cm³/mol. The van der Waals surface area contributed by atoms with Crippen LogP contribution < -0.4 is 16.4 Å². The molecule has 1 amide bonds. The highest BCUT2D eigenvalue weighted by atomic mass is 35.5. The maximum atomic E-state index is 13.0. The smallest absolute Gasteiger partial charge is 0.317 e. The molecule has 6 nitrogen and oxygen atoms in total. The summed E-state index contributed by atoms with van der Waals surface area (Å²) in [7, 11) is 0. The van der Waals surface area contributed by atoms with Gasteiger partial charge in [0, 0.05) is 10.7 Å². The Morgan fingerprint density at radius 3 is 2.35 bits per heavy atom. The number of anilines is 1. The van der Waals surface area contributed by atoms with Gasteiger partial charge >= 0.3 is 11.1 Å². The topological polar surface area (TPSA) is 73.1 Å². The lowest BCUT2D eigenvalue weighted by molar-refractivity contribution is -0.116. The number of hydrogen-bond donors (Lipinski definition) is 1. The molecule has 1 heterocycles. The molecule has 4 rings (SSSR count). The lowest BCUT2D eigenvalue weighted by atomic mass is 10.2. The molecule has 1 aromatic heterocycles. The van der Waals surface area contributed by atoms with E-state index >= 15 is 0 Å². The van der Waals surface area contributed by atoms with Crippen molar-refractivity contribution in [2.45, 2.75) is 20.0 Å². The zero-order valence-corrected chi connectivity index (χ0v) is 17.6. The van der Waals surface area contributed by atoms with Gasteiger partial charge in [0.1, 0.15) is 6.54 Å². The Balaban J connectivity index is 1.77. The first-order chi connectivity index (χ1) is 14.9. The minimum atomic E-state index is -0.773. The van der Waals surface area contributed by atoms with E-state index in [1.807, 2.05) is 55.5 Å². The number of hydrogen-bond acceptors (Lipinski definition) is 3.